The molecule has 0 aromatic heterocycles. The molecule has 1 aromatic rings. The quantitative estimate of drug-likeness (QED) is 0.894. The summed E-state index contributed by atoms with van der Waals surface area (Å²) in [6, 6.07) is 10.9. The number of likely N-dealkylation sites (tertiary alicyclic amines) is 1. The molecule has 0 radical (unpaired) electrons. The van der Waals surface area contributed by atoms with Crippen molar-refractivity contribution in [3.63, 3.8) is 0 Å². The van der Waals surface area contributed by atoms with E-state index in [-0.39, 0.29) is 17.9 Å². The fourth-order valence-electron chi connectivity index (χ4n) is 4.03. The number of carbonyl (C=O) groups is 2. The summed E-state index contributed by atoms with van der Waals surface area (Å²) in [5.41, 5.74) is 1.14. The van der Waals surface area contributed by atoms with Crippen LogP contribution in [0.1, 0.15) is 45.4 Å². The minimum absolute atomic E-state index is 0.0945. The molecule has 2 fully saturated rings. The van der Waals surface area contributed by atoms with E-state index >= 15 is 0 Å². The van der Waals surface area contributed by atoms with Gasteiger partial charge in [-0.3, -0.25) is 9.59 Å². The molecule has 5 heteroatoms. The van der Waals surface area contributed by atoms with Gasteiger partial charge in [-0.05, 0) is 37.8 Å². The summed E-state index contributed by atoms with van der Waals surface area (Å²) < 4.78 is 0. The molecule has 1 aliphatic heterocycles. The van der Waals surface area contributed by atoms with E-state index in [4.69, 9.17) is 0 Å². The van der Waals surface area contributed by atoms with Crippen LogP contribution in [0.25, 0.3) is 0 Å². The van der Waals surface area contributed by atoms with Gasteiger partial charge in [-0.2, -0.15) is 0 Å². The fraction of sp³-hybridized carbons (Fsp3) is 0.600. The molecule has 1 saturated carbocycles. The van der Waals surface area contributed by atoms with E-state index in [1.54, 1.807) is 6.92 Å². The number of nitrogens with one attached hydrogen (secondary N) is 1. The van der Waals surface area contributed by atoms with Crippen LogP contribution in [0.5, 0.6) is 0 Å². The van der Waals surface area contributed by atoms with Crippen LogP contribution in [0, 0.1) is 0 Å². The largest absolute Gasteiger partial charge is 0.359 e. The number of benzene rings is 1. The van der Waals surface area contributed by atoms with E-state index in [2.05, 4.69) is 22.3 Å². The maximum absolute atomic E-state index is 12.6. The van der Waals surface area contributed by atoms with Gasteiger partial charge >= 0.3 is 0 Å². The maximum Gasteiger partial charge on any atom is 0.239 e. The smallest absolute Gasteiger partial charge is 0.239 e. The van der Waals surface area contributed by atoms with E-state index < -0.39 is 0 Å². The Balaban J connectivity index is 1.56. The minimum Gasteiger partial charge on any atom is -0.359 e. The average molecular weight is 343 g/mol. The Morgan fingerprint density at radius 1 is 1.08 bits per heavy atom. The van der Waals surface area contributed by atoms with Gasteiger partial charge in [0.15, 0.2) is 0 Å². The molecule has 1 N–H and O–H groups in total. The summed E-state index contributed by atoms with van der Waals surface area (Å²) in [4.78, 5) is 28.2. The molecule has 5 nitrogen and oxygen atoms in total. The van der Waals surface area contributed by atoms with Crippen LogP contribution in [0.2, 0.25) is 0 Å². The van der Waals surface area contributed by atoms with Crippen molar-refractivity contribution in [1.82, 2.24) is 10.2 Å². The highest BCUT2D eigenvalue weighted by Gasteiger charge is 2.26. The number of hydrogen-bond acceptors (Lipinski definition) is 3. The zero-order valence-electron chi connectivity index (χ0n) is 15.1. The molecule has 0 unspecified atom stereocenters. The second-order valence-corrected chi connectivity index (χ2v) is 7.25. The molecule has 25 heavy (non-hydrogen) atoms. The second-order valence-electron chi connectivity index (χ2n) is 7.25. The Bertz CT molecular complexity index is 576. The highest BCUT2D eigenvalue weighted by atomic mass is 16.2. The van der Waals surface area contributed by atoms with Gasteiger partial charge in [-0.15, -0.1) is 0 Å². The molecule has 136 valence electrons. The predicted molar refractivity (Wildman–Crippen MR) is 99.5 cm³/mol. The summed E-state index contributed by atoms with van der Waals surface area (Å²) in [6.07, 6.45) is 6.52. The standard InChI is InChI=1S/C20H29N3O2/c1-16(24)22-13-11-17(12-14-22)21-20(25)15-23(19-9-5-6-10-19)18-7-3-2-4-8-18/h2-4,7-8,17,19H,5-6,9-15H2,1H3,(H,21,25). The zero-order chi connectivity index (χ0) is 17.6. The van der Waals surface area contributed by atoms with Crippen LogP contribution in [0.4, 0.5) is 5.69 Å². The molecule has 1 aliphatic carbocycles. The summed E-state index contributed by atoms with van der Waals surface area (Å²) in [7, 11) is 0. The van der Waals surface area contributed by atoms with Crippen LogP contribution in [-0.4, -0.2) is 48.4 Å². The molecule has 0 atom stereocenters. The van der Waals surface area contributed by atoms with Gasteiger partial charge < -0.3 is 15.1 Å². The molecule has 1 aromatic carbocycles. The Kier molecular flexibility index (Phi) is 5.95. The predicted octanol–water partition coefficient (Wildman–Crippen LogP) is 2.56. The van der Waals surface area contributed by atoms with Crippen molar-refractivity contribution >= 4 is 17.5 Å². The van der Waals surface area contributed by atoms with Gasteiger partial charge in [-0.1, -0.05) is 31.0 Å². The average Bonchev–Trinajstić information content (AvgIpc) is 3.15. The number of anilines is 1. The fourth-order valence-corrected chi connectivity index (χ4v) is 4.03. The van der Waals surface area contributed by atoms with E-state index in [1.165, 1.54) is 25.7 Å². The Labute approximate surface area is 150 Å². The third-order valence-electron chi connectivity index (χ3n) is 5.47. The molecular weight excluding hydrogens is 314 g/mol. The van der Waals surface area contributed by atoms with Crippen LogP contribution >= 0.6 is 0 Å². The van der Waals surface area contributed by atoms with E-state index in [9.17, 15) is 9.59 Å². The van der Waals surface area contributed by atoms with E-state index in [0.29, 0.717) is 12.6 Å². The lowest BCUT2D eigenvalue weighted by Crippen LogP contribution is -2.49. The van der Waals surface area contributed by atoms with Crippen molar-refractivity contribution in [2.75, 3.05) is 24.5 Å². The van der Waals surface area contributed by atoms with Gasteiger partial charge in [-0.25, -0.2) is 0 Å². The molecule has 0 spiro atoms. The normalized spacial score (nSPS) is 19.0. The SMILES string of the molecule is CC(=O)N1CCC(NC(=O)CN(c2ccccc2)C2CCCC2)CC1. The third-order valence-corrected chi connectivity index (χ3v) is 5.47. The first-order valence-electron chi connectivity index (χ1n) is 9.50. The molecule has 0 bridgehead atoms. The van der Waals surface area contributed by atoms with E-state index in [1.807, 2.05) is 23.1 Å². The lowest BCUT2D eigenvalue weighted by atomic mass is 10.0. The number of nitrogens with zero attached hydrogens (tertiary/aromatic N) is 2. The number of piperidine rings is 1. The first-order chi connectivity index (χ1) is 12.1. The maximum atomic E-state index is 12.6. The lowest BCUT2D eigenvalue weighted by molar-refractivity contribution is -0.130. The molecule has 1 heterocycles. The van der Waals surface area contributed by atoms with Gasteiger partial charge in [0.2, 0.25) is 11.8 Å². The third kappa shape index (κ3) is 4.74. The summed E-state index contributed by atoms with van der Waals surface area (Å²) in [5, 5.41) is 3.18. The van der Waals surface area contributed by atoms with Gasteiger partial charge in [0.05, 0.1) is 6.54 Å². The highest BCUT2D eigenvalue weighted by Crippen LogP contribution is 2.28. The van der Waals surface area contributed by atoms with Crippen molar-refractivity contribution in [1.29, 1.82) is 0 Å². The van der Waals surface area contributed by atoms with Crippen molar-refractivity contribution in [2.45, 2.75) is 57.5 Å². The first kappa shape index (κ1) is 17.8. The van der Waals surface area contributed by atoms with Crippen molar-refractivity contribution in [3.8, 4) is 0 Å². The van der Waals surface area contributed by atoms with Gasteiger partial charge in [0.25, 0.3) is 0 Å². The van der Waals surface area contributed by atoms with Gasteiger partial charge in [0, 0.05) is 37.8 Å². The van der Waals surface area contributed by atoms with Crippen LogP contribution < -0.4 is 10.2 Å². The van der Waals surface area contributed by atoms with Crippen molar-refractivity contribution in [3.05, 3.63) is 30.3 Å². The topological polar surface area (TPSA) is 52.7 Å². The van der Waals surface area contributed by atoms with Crippen LogP contribution in [0.3, 0.4) is 0 Å². The first-order valence-corrected chi connectivity index (χ1v) is 9.50. The summed E-state index contributed by atoms with van der Waals surface area (Å²) >= 11 is 0. The van der Waals surface area contributed by atoms with Crippen molar-refractivity contribution in [2.24, 2.45) is 0 Å². The number of carbonyl (C=O) groups excluding carboxylic acids is 2. The molecular formula is C20H29N3O2. The second kappa shape index (κ2) is 8.37. The summed E-state index contributed by atoms with van der Waals surface area (Å²) in [6.45, 7) is 3.51. The molecule has 1 saturated heterocycles. The molecule has 3 rings (SSSR count). The molecule has 2 amide bonds. The number of para-hydroxylation sites is 1. The van der Waals surface area contributed by atoms with Crippen LogP contribution in [-0.2, 0) is 9.59 Å². The minimum atomic E-state index is 0.0945. The van der Waals surface area contributed by atoms with Crippen molar-refractivity contribution < 1.29 is 9.59 Å². The van der Waals surface area contributed by atoms with Crippen LogP contribution in [0.15, 0.2) is 30.3 Å². The molecule has 2 aliphatic rings. The Hall–Kier alpha value is -2.04. The number of amides is 2. The highest BCUT2D eigenvalue weighted by molar-refractivity contribution is 5.82. The summed E-state index contributed by atoms with van der Waals surface area (Å²) in [5.74, 6) is 0.221. The monoisotopic (exact) mass is 343 g/mol. The number of hydrogen-bond donors (Lipinski definition) is 1. The van der Waals surface area contributed by atoms with Gasteiger partial charge in [0.1, 0.15) is 0 Å². The Morgan fingerprint density at radius 3 is 2.32 bits per heavy atom. The van der Waals surface area contributed by atoms with E-state index in [0.717, 1.165) is 31.6 Å². The Morgan fingerprint density at radius 2 is 1.72 bits per heavy atom. The zero-order valence-corrected chi connectivity index (χ0v) is 15.1. The number of rotatable bonds is 5. The lowest BCUT2D eigenvalue weighted by Gasteiger charge is -2.34.